The Morgan fingerprint density at radius 1 is 1.10 bits per heavy atom. The fraction of sp³-hybridized carbons (Fsp3) is 0.905. The van der Waals surface area contributed by atoms with Crippen LogP contribution in [-0.2, 0) is 9.53 Å². The van der Waals surface area contributed by atoms with Crippen LogP contribution in [0.1, 0.15) is 46.0 Å². The van der Waals surface area contributed by atoms with Crippen LogP contribution in [0, 0.1) is 5.41 Å². The van der Waals surface area contributed by atoms with Gasteiger partial charge < -0.3 is 19.9 Å². The maximum absolute atomic E-state index is 12.7. The zero-order valence-electron chi connectivity index (χ0n) is 18.5. The van der Waals surface area contributed by atoms with E-state index in [-0.39, 0.29) is 30.0 Å². The molecule has 1 N–H and O–H groups in total. The van der Waals surface area contributed by atoms with E-state index in [4.69, 9.17) is 4.74 Å². The van der Waals surface area contributed by atoms with Gasteiger partial charge in [-0.15, -0.1) is 24.0 Å². The summed E-state index contributed by atoms with van der Waals surface area (Å²) in [7, 11) is 1.87. The first-order valence-corrected chi connectivity index (χ1v) is 11.1. The van der Waals surface area contributed by atoms with Crippen LogP contribution in [0.5, 0.6) is 0 Å². The topological polar surface area (TPSA) is 60.4 Å². The lowest BCUT2D eigenvalue weighted by Crippen LogP contribution is -2.57. The lowest BCUT2D eigenvalue weighted by Gasteiger charge is -2.39. The molecule has 2 heterocycles. The van der Waals surface area contributed by atoms with Gasteiger partial charge in [-0.2, -0.15) is 0 Å². The largest absolute Gasteiger partial charge is 0.382 e. The van der Waals surface area contributed by atoms with Gasteiger partial charge in [0.05, 0.1) is 6.04 Å². The Labute approximate surface area is 193 Å². The highest BCUT2D eigenvalue weighted by Crippen LogP contribution is 2.48. The predicted molar refractivity (Wildman–Crippen MR) is 128 cm³/mol. The van der Waals surface area contributed by atoms with Gasteiger partial charge in [-0.1, -0.05) is 0 Å². The van der Waals surface area contributed by atoms with Crippen molar-refractivity contribution in [3.05, 3.63) is 0 Å². The molecule has 168 valence electrons. The van der Waals surface area contributed by atoms with E-state index < -0.39 is 0 Å². The number of aliphatic imine (C=N–C) groups is 1. The Bertz CT molecular complexity index is 541. The summed E-state index contributed by atoms with van der Waals surface area (Å²) >= 11 is 0. The molecule has 8 heteroatoms. The highest BCUT2D eigenvalue weighted by atomic mass is 127. The minimum atomic E-state index is -0.0106. The van der Waals surface area contributed by atoms with E-state index in [2.05, 4.69) is 34.0 Å². The molecular formula is C21H40IN5O2. The van der Waals surface area contributed by atoms with E-state index >= 15 is 0 Å². The van der Waals surface area contributed by atoms with Gasteiger partial charge in [0.25, 0.3) is 0 Å². The SMILES string of the molecule is CCOCCC1(CNC(=NC)N2CCN(C(C)C(=O)N3CCCC3)CC2)CC1.I. The first-order chi connectivity index (χ1) is 13.6. The fourth-order valence-corrected chi connectivity index (χ4v) is 4.40. The van der Waals surface area contributed by atoms with Crippen LogP contribution in [0.4, 0.5) is 0 Å². The van der Waals surface area contributed by atoms with E-state index in [1.54, 1.807) is 0 Å². The molecule has 0 spiro atoms. The molecule has 3 aliphatic rings. The van der Waals surface area contributed by atoms with Gasteiger partial charge in [0.15, 0.2) is 5.96 Å². The van der Waals surface area contributed by atoms with Crippen LogP contribution >= 0.6 is 24.0 Å². The van der Waals surface area contributed by atoms with Crippen molar-refractivity contribution in [2.45, 2.75) is 52.0 Å². The number of carbonyl (C=O) groups excluding carboxylic acids is 1. The summed E-state index contributed by atoms with van der Waals surface area (Å²) < 4.78 is 5.54. The zero-order chi connectivity index (χ0) is 20.0. The number of piperazine rings is 1. The molecule has 0 aromatic rings. The molecule has 1 aliphatic carbocycles. The summed E-state index contributed by atoms with van der Waals surface area (Å²) in [6, 6.07) is -0.0106. The number of guanidine groups is 1. The van der Waals surface area contributed by atoms with Crippen LogP contribution in [-0.4, -0.2) is 98.7 Å². The number of ether oxygens (including phenoxy) is 1. The van der Waals surface area contributed by atoms with Crippen LogP contribution < -0.4 is 5.32 Å². The maximum Gasteiger partial charge on any atom is 0.239 e. The molecule has 1 atom stereocenters. The average molecular weight is 521 g/mol. The Morgan fingerprint density at radius 2 is 1.76 bits per heavy atom. The molecule has 2 aliphatic heterocycles. The molecule has 0 radical (unpaired) electrons. The second-order valence-electron chi connectivity index (χ2n) is 8.58. The van der Waals surface area contributed by atoms with Crippen molar-refractivity contribution in [2.24, 2.45) is 10.4 Å². The number of hydrogen-bond acceptors (Lipinski definition) is 4. The first-order valence-electron chi connectivity index (χ1n) is 11.1. The van der Waals surface area contributed by atoms with Crippen molar-refractivity contribution in [3.63, 3.8) is 0 Å². The molecule has 1 saturated carbocycles. The number of nitrogens with one attached hydrogen (secondary N) is 1. The van der Waals surface area contributed by atoms with E-state index in [0.29, 0.717) is 11.3 Å². The van der Waals surface area contributed by atoms with Gasteiger partial charge in [-0.05, 0) is 51.4 Å². The second kappa shape index (κ2) is 11.7. The lowest BCUT2D eigenvalue weighted by molar-refractivity contribution is -0.135. The van der Waals surface area contributed by atoms with Crippen LogP contribution in [0.15, 0.2) is 4.99 Å². The summed E-state index contributed by atoms with van der Waals surface area (Å²) in [6.45, 7) is 12.3. The monoisotopic (exact) mass is 521 g/mol. The number of rotatable bonds is 8. The molecule has 1 amide bonds. The molecule has 29 heavy (non-hydrogen) atoms. The number of likely N-dealkylation sites (tertiary alicyclic amines) is 1. The van der Waals surface area contributed by atoms with Gasteiger partial charge in [-0.25, -0.2) is 0 Å². The third kappa shape index (κ3) is 6.69. The highest BCUT2D eigenvalue weighted by Gasteiger charge is 2.42. The minimum absolute atomic E-state index is 0. The Morgan fingerprint density at radius 3 is 2.31 bits per heavy atom. The number of carbonyl (C=O) groups is 1. The molecule has 7 nitrogen and oxygen atoms in total. The Hall–Kier alpha value is -0.610. The Balaban J connectivity index is 0.00000300. The normalized spacial score (nSPS) is 22.9. The average Bonchev–Trinajstić information content (AvgIpc) is 3.27. The van der Waals surface area contributed by atoms with E-state index in [1.165, 1.54) is 12.8 Å². The van der Waals surface area contributed by atoms with Crippen LogP contribution in [0.2, 0.25) is 0 Å². The van der Waals surface area contributed by atoms with Gasteiger partial charge in [-0.3, -0.25) is 14.7 Å². The van der Waals surface area contributed by atoms with Gasteiger partial charge in [0, 0.05) is 66.1 Å². The van der Waals surface area contributed by atoms with Crippen molar-refractivity contribution >= 4 is 35.8 Å². The lowest BCUT2D eigenvalue weighted by atomic mass is 10.0. The second-order valence-corrected chi connectivity index (χ2v) is 8.58. The third-order valence-electron chi connectivity index (χ3n) is 6.71. The summed E-state index contributed by atoms with van der Waals surface area (Å²) in [4.78, 5) is 23.9. The number of hydrogen-bond donors (Lipinski definition) is 1. The summed E-state index contributed by atoms with van der Waals surface area (Å²) in [5, 5.41) is 3.61. The van der Waals surface area contributed by atoms with E-state index in [1.807, 2.05) is 11.9 Å². The maximum atomic E-state index is 12.7. The van der Waals surface area contributed by atoms with Crippen LogP contribution in [0.25, 0.3) is 0 Å². The number of amides is 1. The molecule has 3 rings (SSSR count). The molecule has 0 aromatic heterocycles. The predicted octanol–water partition coefficient (Wildman–Crippen LogP) is 2.02. The van der Waals surface area contributed by atoms with Crippen molar-refractivity contribution < 1.29 is 9.53 Å². The summed E-state index contributed by atoms with van der Waals surface area (Å²) in [5.41, 5.74) is 0.406. The third-order valence-corrected chi connectivity index (χ3v) is 6.71. The summed E-state index contributed by atoms with van der Waals surface area (Å²) in [5.74, 6) is 1.30. The Kier molecular flexibility index (Phi) is 9.94. The molecule has 3 fully saturated rings. The fourth-order valence-electron chi connectivity index (χ4n) is 4.40. The van der Waals surface area contributed by atoms with Crippen molar-refractivity contribution in [1.82, 2.24) is 20.0 Å². The van der Waals surface area contributed by atoms with E-state index in [0.717, 1.165) is 84.2 Å². The number of nitrogens with zero attached hydrogens (tertiary/aromatic N) is 4. The van der Waals surface area contributed by atoms with Crippen molar-refractivity contribution in [3.8, 4) is 0 Å². The molecular weight excluding hydrogens is 481 g/mol. The van der Waals surface area contributed by atoms with E-state index in [9.17, 15) is 4.79 Å². The smallest absolute Gasteiger partial charge is 0.239 e. The van der Waals surface area contributed by atoms with Crippen molar-refractivity contribution in [2.75, 3.05) is 66.1 Å². The van der Waals surface area contributed by atoms with Gasteiger partial charge >= 0.3 is 0 Å². The number of halogens is 1. The molecule has 0 aromatic carbocycles. The quantitative estimate of drug-likeness (QED) is 0.229. The molecule has 0 bridgehead atoms. The highest BCUT2D eigenvalue weighted by molar-refractivity contribution is 14.0. The molecule has 1 unspecified atom stereocenters. The summed E-state index contributed by atoms with van der Waals surface area (Å²) in [6.07, 6.45) is 6.01. The molecule has 2 saturated heterocycles. The standard InChI is InChI=1S/C21H39N5O2.HI/c1-4-28-16-9-21(7-8-21)17-23-20(22-3)26-14-12-24(13-15-26)18(2)19(27)25-10-5-6-11-25;/h18H,4-17H2,1-3H3,(H,22,23);1H. The van der Waals surface area contributed by atoms with Crippen molar-refractivity contribution in [1.29, 1.82) is 0 Å². The zero-order valence-corrected chi connectivity index (χ0v) is 20.8. The van der Waals surface area contributed by atoms with Gasteiger partial charge in [0.1, 0.15) is 0 Å². The first kappa shape index (κ1) is 24.7. The van der Waals surface area contributed by atoms with Crippen LogP contribution in [0.3, 0.4) is 0 Å². The van der Waals surface area contributed by atoms with Gasteiger partial charge in [0.2, 0.25) is 5.91 Å². The minimum Gasteiger partial charge on any atom is -0.382 e.